The molecule has 0 saturated carbocycles. The van der Waals surface area contributed by atoms with Crippen LogP contribution in [0.4, 0.5) is 8.78 Å². The van der Waals surface area contributed by atoms with Crippen molar-refractivity contribution in [3.8, 4) is 0 Å². The van der Waals surface area contributed by atoms with Crippen LogP contribution in [0, 0.1) is 11.6 Å². The molecule has 2 aromatic carbocycles. The summed E-state index contributed by atoms with van der Waals surface area (Å²) in [5.41, 5.74) is 1.19. The largest absolute Gasteiger partial charge is 0.364 e. The van der Waals surface area contributed by atoms with Crippen LogP contribution in [0.15, 0.2) is 48.5 Å². The van der Waals surface area contributed by atoms with E-state index >= 15 is 0 Å². The summed E-state index contributed by atoms with van der Waals surface area (Å²) >= 11 is 0. The minimum atomic E-state index is -0.685. The molecule has 0 radical (unpaired) electrons. The van der Waals surface area contributed by atoms with Gasteiger partial charge in [0, 0.05) is 11.6 Å². The molecule has 0 fully saturated rings. The molecule has 1 amide bonds. The third-order valence-electron chi connectivity index (χ3n) is 3.50. The lowest BCUT2D eigenvalue weighted by molar-refractivity contribution is -0.133. The minimum absolute atomic E-state index is 0.231. The Morgan fingerprint density at radius 2 is 1.83 bits per heavy atom. The lowest BCUT2D eigenvalue weighted by Gasteiger charge is -2.19. The van der Waals surface area contributed by atoms with Crippen LogP contribution in [0.3, 0.4) is 0 Å². The fourth-order valence-electron chi connectivity index (χ4n) is 2.13. The van der Waals surface area contributed by atoms with Gasteiger partial charge >= 0.3 is 0 Å². The topological polar surface area (TPSA) is 38.3 Å². The molecule has 0 spiro atoms. The number of hydrogen-bond donors (Lipinski definition) is 1. The number of halogens is 2. The van der Waals surface area contributed by atoms with Crippen LogP contribution in [0.25, 0.3) is 0 Å². The molecule has 23 heavy (non-hydrogen) atoms. The number of carbonyl (C=O) groups is 1. The molecule has 122 valence electrons. The Morgan fingerprint density at radius 3 is 2.48 bits per heavy atom. The second kappa shape index (κ2) is 7.83. The SMILES string of the molecule is C[C@@H](OCc1ccccc1)C(=O)N[C@H](C)c1ccc(F)cc1F. The third-order valence-corrected chi connectivity index (χ3v) is 3.50. The zero-order valence-corrected chi connectivity index (χ0v) is 13.1. The summed E-state index contributed by atoms with van der Waals surface area (Å²) in [6, 6.07) is 12.2. The lowest BCUT2D eigenvalue weighted by atomic mass is 10.1. The molecule has 0 aromatic heterocycles. The average Bonchev–Trinajstić information content (AvgIpc) is 2.53. The van der Waals surface area contributed by atoms with Gasteiger partial charge < -0.3 is 10.1 Å². The maximum absolute atomic E-state index is 13.7. The van der Waals surface area contributed by atoms with Gasteiger partial charge in [-0.25, -0.2) is 8.78 Å². The molecule has 0 aliphatic heterocycles. The van der Waals surface area contributed by atoms with Gasteiger partial charge in [0.1, 0.15) is 17.7 Å². The van der Waals surface area contributed by atoms with Crippen LogP contribution in [-0.2, 0) is 16.1 Å². The average molecular weight is 319 g/mol. The van der Waals surface area contributed by atoms with E-state index in [1.54, 1.807) is 13.8 Å². The molecule has 0 aliphatic carbocycles. The predicted molar refractivity (Wildman–Crippen MR) is 83.6 cm³/mol. The van der Waals surface area contributed by atoms with Gasteiger partial charge in [0.25, 0.3) is 0 Å². The van der Waals surface area contributed by atoms with E-state index in [1.165, 1.54) is 6.07 Å². The van der Waals surface area contributed by atoms with Crippen molar-refractivity contribution in [1.82, 2.24) is 5.32 Å². The van der Waals surface area contributed by atoms with Gasteiger partial charge in [0.05, 0.1) is 12.6 Å². The Hall–Kier alpha value is -2.27. The first kappa shape index (κ1) is 17.1. The van der Waals surface area contributed by atoms with Gasteiger partial charge in [0.15, 0.2) is 0 Å². The summed E-state index contributed by atoms with van der Waals surface area (Å²) in [7, 11) is 0. The number of hydrogen-bond acceptors (Lipinski definition) is 2. The summed E-state index contributed by atoms with van der Waals surface area (Å²) in [5, 5.41) is 2.67. The van der Waals surface area contributed by atoms with Crippen molar-refractivity contribution in [3.05, 3.63) is 71.3 Å². The Labute approximate surface area is 134 Å². The zero-order valence-electron chi connectivity index (χ0n) is 13.1. The lowest BCUT2D eigenvalue weighted by Crippen LogP contribution is -2.36. The molecule has 0 saturated heterocycles. The quantitative estimate of drug-likeness (QED) is 0.880. The second-order valence-corrected chi connectivity index (χ2v) is 5.33. The Balaban J connectivity index is 1.89. The van der Waals surface area contributed by atoms with E-state index in [4.69, 9.17) is 4.74 Å². The van der Waals surface area contributed by atoms with Crippen molar-refractivity contribution in [2.45, 2.75) is 32.6 Å². The summed E-state index contributed by atoms with van der Waals surface area (Å²) in [6.07, 6.45) is -0.679. The van der Waals surface area contributed by atoms with Crippen LogP contribution in [-0.4, -0.2) is 12.0 Å². The van der Waals surface area contributed by atoms with E-state index in [1.807, 2.05) is 30.3 Å². The Bertz CT molecular complexity index is 661. The molecule has 2 rings (SSSR count). The molecule has 5 heteroatoms. The van der Waals surface area contributed by atoms with Crippen LogP contribution < -0.4 is 5.32 Å². The van der Waals surface area contributed by atoms with Gasteiger partial charge in [-0.2, -0.15) is 0 Å². The van der Waals surface area contributed by atoms with E-state index in [0.717, 1.165) is 17.7 Å². The number of ether oxygens (including phenoxy) is 1. The molecule has 0 unspecified atom stereocenters. The van der Waals surface area contributed by atoms with Gasteiger partial charge in [-0.05, 0) is 25.5 Å². The monoisotopic (exact) mass is 319 g/mol. The predicted octanol–water partition coefficient (Wildman–Crippen LogP) is 3.75. The Kier molecular flexibility index (Phi) is 5.82. The minimum Gasteiger partial charge on any atom is -0.364 e. The molecule has 0 aliphatic rings. The number of rotatable bonds is 6. The van der Waals surface area contributed by atoms with E-state index in [2.05, 4.69) is 5.32 Å². The van der Waals surface area contributed by atoms with E-state index in [-0.39, 0.29) is 11.5 Å². The van der Waals surface area contributed by atoms with E-state index in [0.29, 0.717) is 6.61 Å². The second-order valence-electron chi connectivity index (χ2n) is 5.33. The van der Waals surface area contributed by atoms with Crippen molar-refractivity contribution in [3.63, 3.8) is 0 Å². The number of benzene rings is 2. The summed E-state index contributed by atoms with van der Waals surface area (Å²) in [4.78, 5) is 12.1. The summed E-state index contributed by atoms with van der Waals surface area (Å²) in [5.74, 6) is -1.68. The molecular formula is C18H19F2NO2. The molecule has 3 nitrogen and oxygen atoms in total. The van der Waals surface area contributed by atoms with Gasteiger partial charge in [-0.15, -0.1) is 0 Å². The van der Waals surface area contributed by atoms with Crippen LogP contribution in [0.5, 0.6) is 0 Å². The Morgan fingerprint density at radius 1 is 1.13 bits per heavy atom. The third kappa shape index (κ3) is 4.86. The molecule has 2 aromatic rings. The fraction of sp³-hybridized carbons (Fsp3) is 0.278. The normalized spacial score (nSPS) is 13.4. The zero-order chi connectivity index (χ0) is 16.8. The highest BCUT2D eigenvalue weighted by molar-refractivity contribution is 5.80. The van der Waals surface area contributed by atoms with Crippen LogP contribution in [0.1, 0.15) is 31.0 Å². The summed E-state index contributed by atoms with van der Waals surface area (Å²) in [6.45, 7) is 3.58. The molecular weight excluding hydrogens is 300 g/mol. The van der Waals surface area contributed by atoms with Gasteiger partial charge in [-0.3, -0.25) is 4.79 Å². The van der Waals surface area contributed by atoms with Crippen molar-refractivity contribution in [2.75, 3.05) is 0 Å². The highest BCUT2D eigenvalue weighted by Gasteiger charge is 2.19. The number of nitrogens with one attached hydrogen (secondary N) is 1. The number of amides is 1. The molecule has 2 atom stereocenters. The standard InChI is InChI=1S/C18H19F2NO2/c1-12(16-9-8-15(19)10-17(16)20)21-18(22)13(2)23-11-14-6-4-3-5-7-14/h3-10,12-13H,11H2,1-2H3,(H,21,22)/t12-,13-/m1/s1. The molecule has 0 bridgehead atoms. The maximum Gasteiger partial charge on any atom is 0.249 e. The highest BCUT2D eigenvalue weighted by atomic mass is 19.1. The van der Waals surface area contributed by atoms with Crippen LogP contribution in [0.2, 0.25) is 0 Å². The van der Waals surface area contributed by atoms with Crippen LogP contribution >= 0.6 is 0 Å². The fourth-order valence-corrected chi connectivity index (χ4v) is 2.13. The highest BCUT2D eigenvalue weighted by Crippen LogP contribution is 2.18. The first-order valence-electron chi connectivity index (χ1n) is 7.38. The summed E-state index contributed by atoms with van der Waals surface area (Å²) < 4.78 is 32.1. The van der Waals surface area contributed by atoms with Crippen molar-refractivity contribution >= 4 is 5.91 Å². The first-order valence-corrected chi connectivity index (χ1v) is 7.38. The van der Waals surface area contributed by atoms with Crippen molar-refractivity contribution in [1.29, 1.82) is 0 Å². The smallest absolute Gasteiger partial charge is 0.249 e. The van der Waals surface area contributed by atoms with Crippen molar-refractivity contribution in [2.24, 2.45) is 0 Å². The molecule has 1 N–H and O–H groups in total. The van der Waals surface area contributed by atoms with Gasteiger partial charge in [0.2, 0.25) is 5.91 Å². The van der Waals surface area contributed by atoms with E-state index < -0.39 is 23.8 Å². The van der Waals surface area contributed by atoms with E-state index in [9.17, 15) is 13.6 Å². The first-order chi connectivity index (χ1) is 11.0. The maximum atomic E-state index is 13.7. The number of carbonyl (C=O) groups excluding carboxylic acids is 1. The van der Waals surface area contributed by atoms with Crippen molar-refractivity contribution < 1.29 is 18.3 Å². The van der Waals surface area contributed by atoms with Gasteiger partial charge in [-0.1, -0.05) is 36.4 Å². The molecule has 0 heterocycles.